The molecule has 0 aromatic heterocycles. The van der Waals surface area contributed by atoms with Gasteiger partial charge in [-0.2, -0.15) is 0 Å². The summed E-state index contributed by atoms with van der Waals surface area (Å²) in [6.07, 6.45) is 1.68. The fourth-order valence-corrected chi connectivity index (χ4v) is 1.32. The van der Waals surface area contributed by atoms with Gasteiger partial charge in [-0.25, -0.2) is 0 Å². The lowest BCUT2D eigenvalue weighted by Gasteiger charge is -2.03. The van der Waals surface area contributed by atoms with Crippen LogP contribution in [0.2, 0.25) is 5.02 Å². The van der Waals surface area contributed by atoms with E-state index in [1.54, 1.807) is 6.08 Å². The lowest BCUT2D eigenvalue weighted by molar-refractivity contribution is 1.32. The van der Waals surface area contributed by atoms with Crippen LogP contribution in [0.4, 0.5) is 0 Å². The highest BCUT2D eigenvalue weighted by Crippen LogP contribution is 2.17. The van der Waals surface area contributed by atoms with Gasteiger partial charge >= 0.3 is 0 Å². The third kappa shape index (κ3) is 2.57. The summed E-state index contributed by atoms with van der Waals surface area (Å²) in [6, 6.07) is 7.53. The Morgan fingerprint density at radius 1 is 1.43 bits per heavy atom. The minimum Gasteiger partial charge on any atom is -0.254 e. The summed E-state index contributed by atoms with van der Waals surface area (Å²) in [4.78, 5) is 4.25. The van der Waals surface area contributed by atoms with Gasteiger partial charge in [-0.1, -0.05) is 43.0 Å². The van der Waals surface area contributed by atoms with Gasteiger partial charge in [0.25, 0.3) is 0 Å². The number of rotatable bonds is 3. The Balaban J connectivity index is 3.20. The van der Waals surface area contributed by atoms with Crippen molar-refractivity contribution in [2.75, 3.05) is 0 Å². The molecule has 0 saturated heterocycles. The van der Waals surface area contributed by atoms with Crippen molar-refractivity contribution in [1.82, 2.24) is 0 Å². The quantitative estimate of drug-likeness (QED) is 0.665. The molecule has 0 aliphatic carbocycles. The summed E-state index contributed by atoms with van der Waals surface area (Å²) in [5.41, 5.74) is 2.37. The zero-order valence-corrected chi connectivity index (χ0v) is 8.88. The van der Waals surface area contributed by atoms with Crippen LogP contribution in [0.25, 0.3) is 0 Å². The molecule has 0 unspecified atom stereocenters. The second kappa shape index (κ2) is 4.77. The molecule has 0 aliphatic heterocycles. The molecule has 0 aliphatic rings. The summed E-state index contributed by atoms with van der Waals surface area (Å²) >= 11 is 6.02. The van der Waals surface area contributed by atoms with E-state index in [9.17, 15) is 0 Å². The van der Waals surface area contributed by atoms with Crippen LogP contribution in [0.3, 0.4) is 0 Å². The molecule has 0 bridgehead atoms. The number of hydrogen-bond acceptors (Lipinski definition) is 1. The van der Waals surface area contributed by atoms with Gasteiger partial charge in [-0.15, -0.1) is 0 Å². The number of aliphatic imine (C=N–C) groups is 1. The molecule has 0 amide bonds. The maximum absolute atomic E-state index is 6.02. The summed E-state index contributed by atoms with van der Waals surface area (Å²) < 4.78 is 0. The molecule has 1 aromatic rings. The molecule has 0 heterocycles. The third-order valence-electron chi connectivity index (χ3n) is 1.65. The Labute approximate surface area is 89.4 Å². The molecule has 14 heavy (non-hydrogen) atoms. The average molecular weight is 206 g/mol. The SMILES string of the molecule is C=CC(=NC(=C)C)c1ccccc1Cl. The molecule has 72 valence electrons. The van der Waals surface area contributed by atoms with Crippen LogP contribution in [0, 0.1) is 0 Å². The molecular formula is C12H12ClN. The van der Waals surface area contributed by atoms with E-state index in [2.05, 4.69) is 18.2 Å². The molecule has 1 aromatic carbocycles. The first-order chi connectivity index (χ1) is 6.65. The van der Waals surface area contributed by atoms with E-state index < -0.39 is 0 Å². The van der Waals surface area contributed by atoms with Crippen molar-refractivity contribution in [3.05, 3.63) is 59.8 Å². The normalized spacial score (nSPS) is 11.1. The fourth-order valence-electron chi connectivity index (χ4n) is 1.09. The van der Waals surface area contributed by atoms with E-state index in [1.807, 2.05) is 31.2 Å². The molecule has 0 fully saturated rings. The number of hydrogen-bond donors (Lipinski definition) is 0. The first-order valence-electron chi connectivity index (χ1n) is 4.26. The Bertz CT molecular complexity index is 391. The van der Waals surface area contributed by atoms with E-state index in [0.29, 0.717) is 5.02 Å². The van der Waals surface area contributed by atoms with Crippen molar-refractivity contribution >= 4 is 17.3 Å². The van der Waals surface area contributed by atoms with Crippen LogP contribution < -0.4 is 0 Å². The highest BCUT2D eigenvalue weighted by molar-refractivity contribution is 6.35. The number of nitrogens with zero attached hydrogens (tertiary/aromatic N) is 1. The van der Waals surface area contributed by atoms with E-state index in [4.69, 9.17) is 11.6 Å². The molecule has 2 heteroatoms. The van der Waals surface area contributed by atoms with Crippen LogP contribution in [0.5, 0.6) is 0 Å². The molecule has 1 rings (SSSR count). The van der Waals surface area contributed by atoms with Crippen molar-refractivity contribution in [3.63, 3.8) is 0 Å². The number of benzene rings is 1. The largest absolute Gasteiger partial charge is 0.254 e. The molecular weight excluding hydrogens is 194 g/mol. The van der Waals surface area contributed by atoms with E-state index >= 15 is 0 Å². The number of halogens is 1. The Hall–Kier alpha value is -1.34. The highest BCUT2D eigenvalue weighted by atomic mass is 35.5. The van der Waals surface area contributed by atoms with Crippen molar-refractivity contribution in [3.8, 4) is 0 Å². The van der Waals surface area contributed by atoms with Crippen LogP contribution >= 0.6 is 11.6 Å². The second-order valence-corrected chi connectivity index (χ2v) is 3.32. The Morgan fingerprint density at radius 3 is 2.57 bits per heavy atom. The van der Waals surface area contributed by atoms with Gasteiger partial charge in [0.15, 0.2) is 0 Å². The molecule has 1 nitrogen and oxygen atoms in total. The van der Waals surface area contributed by atoms with Crippen molar-refractivity contribution in [2.45, 2.75) is 6.92 Å². The first-order valence-corrected chi connectivity index (χ1v) is 4.64. The molecule has 0 N–H and O–H groups in total. The van der Waals surface area contributed by atoms with E-state index in [0.717, 1.165) is 17.0 Å². The molecule has 0 spiro atoms. The molecule has 0 radical (unpaired) electrons. The topological polar surface area (TPSA) is 12.4 Å². The zero-order chi connectivity index (χ0) is 10.6. The summed E-state index contributed by atoms with van der Waals surface area (Å²) in [6.45, 7) is 9.25. The maximum atomic E-state index is 6.02. The lowest BCUT2D eigenvalue weighted by Crippen LogP contribution is -1.97. The van der Waals surface area contributed by atoms with Gasteiger partial charge in [0.2, 0.25) is 0 Å². The number of allylic oxidation sites excluding steroid dienone is 2. The smallest absolute Gasteiger partial charge is 0.0713 e. The predicted octanol–water partition coefficient (Wildman–Crippen LogP) is 3.85. The van der Waals surface area contributed by atoms with Crippen LogP contribution in [0.15, 0.2) is 54.2 Å². The minimum atomic E-state index is 0.674. The van der Waals surface area contributed by atoms with Gasteiger partial charge in [0.1, 0.15) is 0 Å². The molecule has 0 saturated carbocycles. The Morgan fingerprint density at radius 2 is 2.07 bits per heavy atom. The van der Waals surface area contributed by atoms with Crippen molar-refractivity contribution in [2.24, 2.45) is 4.99 Å². The van der Waals surface area contributed by atoms with Crippen molar-refractivity contribution < 1.29 is 0 Å². The van der Waals surface area contributed by atoms with Gasteiger partial charge in [-0.3, -0.25) is 4.99 Å². The highest BCUT2D eigenvalue weighted by Gasteiger charge is 2.03. The predicted molar refractivity (Wildman–Crippen MR) is 63.0 cm³/mol. The van der Waals surface area contributed by atoms with Gasteiger partial charge in [0, 0.05) is 16.3 Å². The van der Waals surface area contributed by atoms with E-state index in [1.165, 1.54) is 0 Å². The third-order valence-corrected chi connectivity index (χ3v) is 1.98. The van der Waals surface area contributed by atoms with Crippen molar-refractivity contribution in [1.29, 1.82) is 0 Å². The summed E-state index contributed by atoms with van der Waals surface area (Å²) in [5, 5.41) is 0.674. The minimum absolute atomic E-state index is 0.674. The standard InChI is InChI=1S/C12H12ClN/c1-4-12(14-9(2)3)10-7-5-6-8-11(10)13/h4-8H,1-2H2,3H3. The summed E-state index contributed by atoms with van der Waals surface area (Å²) in [5.74, 6) is 0. The average Bonchev–Trinajstić information content (AvgIpc) is 2.15. The lowest BCUT2D eigenvalue weighted by atomic mass is 10.1. The van der Waals surface area contributed by atoms with Crippen LogP contribution in [-0.2, 0) is 0 Å². The van der Waals surface area contributed by atoms with Crippen LogP contribution in [-0.4, -0.2) is 5.71 Å². The first kappa shape index (κ1) is 10.7. The van der Waals surface area contributed by atoms with Gasteiger partial charge in [-0.05, 0) is 19.1 Å². The monoisotopic (exact) mass is 205 g/mol. The maximum Gasteiger partial charge on any atom is 0.0713 e. The van der Waals surface area contributed by atoms with Gasteiger partial charge < -0.3 is 0 Å². The summed E-state index contributed by atoms with van der Waals surface area (Å²) in [7, 11) is 0. The van der Waals surface area contributed by atoms with E-state index in [-0.39, 0.29) is 0 Å². The zero-order valence-electron chi connectivity index (χ0n) is 8.13. The second-order valence-electron chi connectivity index (χ2n) is 2.92. The Kier molecular flexibility index (Phi) is 3.66. The van der Waals surface area contributed by atoms with Crippen LogP contribution in [0.1, 0.15) is 12.5 Å². The van der Waals surface area contributed by atoms with Gasteiger partial charge in [0.05, 0.1) is 5.71 Å². The fraction of sp³-hybridized carbons (Fsp3) is 0.0833. The molecule has 0 atom stereocenters.